The number of urea groups is 1. The lowest BCUT2D eigenvalue weighted by Gasteiger charge is -2.38. The van der Waals surface area contributed by atoms with Crippen molar-refractivity contribution in [2.75, 3.05) is 55.5 Å². The molecular weight excluding hydrogens is 636 g/mol. The number of nitrogens with two attached hydrogens (primary N) is 1. The lowest BCUT2D eigenvalue weighted by molar-refractivity contribution is 0.0343. The number of aliphatic hydroxyl groups excluding tert-OH is 1. The summed E-state index contributed by atoms with van der Waals surface area (Å²) in [5.41, 5.74) is 9.71. The van der Waals surface area contributed by atoms with Crippen LogP contribution in [0, 0.1) is 5.92 Å². The van der Waals surface area contributed by atoms with Gasteiger partial charge in [-0.05, 0) is 80.2 Å². The molecule has 0 aliphatic carbocycles. The zero-order valence-electron chi connectivity index (χ0n) is 28.7. The summed E-state index contributed by atoms with van der Waals surface area (Å²) >= 11 is 0. The minimum absolute atomic E-state index is 0.138. The topological polar surface area (TPSA) is 158 Å². The van der Waals surface area contributed by atoms with Gasteiger partial charge in [-0.2, -0.15) is 0 Å². The van der Waals surface area contributed by atoms with Crippen molar-refractivity contribution in [3.63, 3.8) is 0 Å². The number of rotatable bonds is 11. The molecule has 1 aliphatic heterocycles. The number of aliphatic hydroxyl groups is 1. The summed E-state index contributed by atoms with van der Waals surface area (Å²) in [7, 11) is 3.54. The van der Waals surface area contributed by atoms with Crippen LogP contribution in [-0.4, -0.2) is 78.8 Å². The van der Waals surface area contributed by atoms with Gasteiger partial charge < -0.3 is 41.2 Å². The Morgan fingerprint density at radius 3 is 2.36 bits per heavy atom. The Kier molecular flexibility index (Phi) is 11.6. The first-order valence-corrected chi connectivity index (χ1v) is 16.4. The van der Waals surface area contributed by atoms with Gasteiger partial charge >= 0.3 is 6.03 Å². The number of methoxy groups -OCH3 is 1. The number of anilines is 4. The van der Waals surface area contributed by atoms with Crippen molar-refractivity contribution in [2.45, 2.75) is 32.5 Å². The molecular formula is C38H44N6O6. The second-order valence-electron chi connectivity index (χ2n) is 12.5. The molecule has 1 heterocycles. The van der Waals surface area contributed by atoms with Gasteiger partial charge in [-0.1, -0.05) is 37.3 Å². The second kappa shape index (κ2) is 16.2. The van der Waals surface area contributed by atoms with Gasteiger partial charge in [0.15, 0.2) is 5.75 Å². The first kappa shape index (κ1) is 35.7. The van der Waals surface area contributed by atoms with Crippen molar-refractivity contribution in [3.8, 4) is 11.5 Å². The van der Waals surface area contributed by atoms with Gasteiger partial charge in [0.1, 0.15) is 11.9 Å². The maximum atomic E-state index is 13.8. The highest BCUT2D eigenvalue weighted by atomic mass is 16.5. The van der Waals surface area contributed by atoms with Crippen molar-refractivity contribution in [1.82, 2.24) is 9.80 Å². The van der Waals surface area contributed by atoms with Crippen LogP contribution in [0.1, 0.15) is 40.1 Å². The molecule has 0 unspecified atom stereocenters. The van der Waals surface area contributed by atoms with Gasteiger partial charge in [-0.15, -0.1) is 0 Å². The average Bonchev–Trinajstić information content (AvgIpc) is 3.11. The van der Waals surface area contributed by atoms with Crippen LogP contribution in [0.4, 0.5) is 27.5 Å². The average molecular weight is 681 g/mol. The highest BCUT2D eigenvalue weighted by molar-refractivity contribution is 6.06. The van der Waals surface area contributed by atoms with E-state index in [1.165, 1.54) is 0 Å². The molecule has 4 aromatic carbocycles. The van der Waals surface area contributed by atoms with Crippen LogP contribution in [0.25, 0.3) is 0 Å². The standard InChI is InChI=1S/C38H44N6O6/c1-24-20-44(25(2)23-45)37(47)30-8-7-11-33(42-38(48)40-28-16-18-29(49-4)19-17-28)35(30)50-34(24)22-43(3)21-26-12-14-27(15-13-26)36(46)41-32-10-6-5-9-31(32)39/h5-19,24-25,34,45H,20-23,39H2,1-4H3,(H,41,46)(H2,40,42,48)/t24-,25+,34-/m1/s1. The van der Waals surface area contributed by atoms with Crippen LogP contribution in [0.5, 0.6) is 11.5 Å². The van der Waals surface area contributed by atoms with Gasteiger partial charge in [-0.3, -0.25) is 14.5 Å². The third kappa shape index (κ3) is 8.70. The number of amides is 4. The molecule has 12 nitrogen and oxygen atoms in total. The Morgan fingerprint density at radius 1 is 0.980 bits per heavy atom. The molecule has 0 aromatic heterocycles. The van der Waals surface area contributed by atoms with Gasteiger partial charge in [0, 0.05) is 36.8 Å². The zero-order chi connectivity index (χ0) is 35.8. The van der Waals surface area contributed by atoms with Gasteiger partial charge in [-0.25, -0.2) is 4.79 Å². The second-order valence-corrected chi connectivity index (χ2v) is 12.5. The number of fused-ring (bicyclic) bond motifs is 1. The molecule has 0 radical (unpaired) electrons. The fourth-order valence-electron chi connectivity index (χ4n) is 5.77. The van der Waals surface area contributed by atoms with Crippen LogP contribution in [0.15, 0.2) is 91.0 Å². The molecule has 5 rings (SSSR count). The summed E-state index contributed by atoms with van der Waals surface area (Å²) < 4.78 is 11.8. The summed E-state index contributed by atoms with van der Waals surface area (Å²) in [6.07, 6.45) is -0.394. The predicted octanol–water partition coefficient (Wildman–Crippen LogP) is 5.53. The number of benzene rings is 4. The van der Waals surface area contributed by atoms with Crippen LogP contribution in [-0.2, 0) is 6.54 Å². The maximum absolute atomic E-state index is 13.8. The van der Waals surface area contributed by atoms with Crippen molar-refractivity contribution in [3.05, 3.63) is 108 Å². The number of nitrogens with one attached hydrogen (secondary N) is 3. The highest BCUT2D eigenvalue weighted by Crippen LogP contribution is 2.35. The van der Waals surface area contributed by atoms with E-state index in [9.17, 15) is 19.5 Å². The number of carbonyl (C=O) groups excluding carboxylic acids is 3. The molecule has 0 bridgehead atoms. The monoisotopic (exact) mass is 680 g/mol. The first-order chi connectivity index (χ1) is 24.1. The molecule has 0 saturated carbocycles. The molecule has 262 valence electrons. The molecule has 12 heteroatoms. The van der Waals surface area contributed by atoms with Crippen LogP contribution in [0.2, 0.25) is 0 Å². The van der Waals surface area contributed by atoms with Crippen LogP contribution < -0.4 is 31.2 Å². The van der Waals surface area contributed by atoms with E-state index in [1.807, 2.05) is 38.2 Å². The molecule has 0 spiro atoms. The quantitative estimate of drug-likeness (QED) is 0.130. The Bertz CT molecular complexity index is 1800. The molecule has 0 saturated heterocycles. The Labute approximate surface area is 292 Å². The maximum Gasteiger partial charge on any atom is 0.323 e. The fraction of sp³-hybridized carbons (Fsp3) is 0.289. The van der Waals surface area contributed by atoms with E-state index in [4.69, 9.17) is 15.2 Å². The SMILES string of the molecule is COc1ccc(NC(=O)Nc2cccc3c2O[C@H](CN(C)Cc2ccc(C(=O)Nc4ccccc4N)cc2)[C@H](C)CN([C@@H](C)CO)C3=O)cc1. The molecule has 6 N–H and O–H groups in total. The summed E-state index contributed by atoms with van der Waals surface area (Å²) in [5, 5.41) is 18.5. The smallest absolute Gasteiger partial charge is 0.323 e. The van der Waals surface area contributed by atoms with Gasteiger partial charge in [0.25, 0.3) is 11.8 Å². The molecule has 4 amide bonds. The first-order valence-electron chi connectivity index (χ1n) is 16.4. The molecule has 3 atom stereocenters. The van der Waals surface area contributed by atoms with E-state index in [0.29, 0.717) is 59.3 Å². The summed E-state index contributed by atoms with van der Waals surface area (Å²) in [5.74, 6) is 0.237. The number of hydrogen-bond acceptors (Lipinski definition) is 8. The van der Waals surface area contributed by atoms with E-state index < -0.39 is 18.2 Å². The van der Waals surface area contributed by atoms with Gasteiger partial charge in [0.05, 0.1) is 42.4 Å². The molecule has 0 fully saturated rings. The normalized spacial score (nSPS) is 16.4. The Balaban J connectivity index is 1.32. The number of nitrogens with zero attached hydrogens (tertiary/aromatic N) is 2. The third-order valence-electron chi connectivity index (χ3n) is 8.66. The fourth-order valence-corrected chi connectivity index (χ4v) is 5.77. The largest absolute Gasteiger partial charge is 0.497 e. The van der Waals surface area contributed by atoms with Crippen molar-refractivity contribution >= 4 is 40.6 Å². The van der Waals surface area contributed by atoms with Crippen LogP contribution in [0.3, 0.4) is 0 Å². The number of carbonyl (C=O) groups is 3. The van der Waals surface area contributed by atoms with E-state index in [2.05, 4.69) is 20.9 Å². The minimum Gasteiger partial charge on any atom is -0.497 e. The van der Waals surface area contributed by atoms with E-state index in [-0.39, 0.29) is 30.1 Å². The van der Waals surface area contributed by atoms with Crippen molar-refractivity contribution in [2.24, 2.45) is 5.92 Å². The number of nitrogen functional groups attached to an aromatic ring is 1. The zero-order valence-corrected chi connectivity index (χ0v) is 28.7. The molecule has 50 heavy (non-hydrogen) atoms. The molecule has 1 aliphatic rings. The van der Waals surface area contributed by atoms with E-state index in [0.717, 1.165) is 5.56 Å². The van der Waals surface area contributed by atoms with Gasteiger partial charge in [0.2, 0.25) is 0 Å². The number of ether oxygens (including phenoxy) is 2. The third-order valence-corrected chi connectivity index (χ3v) is 8.66. The summed E-state index contributed by atoms with van der Waals surface area (Å²) in [4.78, 5) is 43.5. The number of hydrogen-bond donors (Lipinski definition) is 5. The predicted molar refractivity (Wildman–Crippen MR) is 195 cm³/mol. The number of likely N-dealkylation sites (N-methyl/N-ethyl adjacent to an activating group) is 1. The van der Waals surface area contributed by atoms with Crippen LogP contribution >= 0.6 is 0 Å². The summed E-state index contributed by atoms with van der Waals surface area (Å²) in [6, 6.07) is 25.5. The Morgan fingerprint density at radius 2 is 1.68 bits per heavy atom. The highest BCUT2D eigenvalue weighted by Gasteiger charge is 2.34. The lowest BCUT2D eigenvalue weighted by atomic mass is 9.98. The summed E-state index contributed by atoms with van der Waals surface area (Å²) in [6.45, 7) is 5.02. The molecule has 4 aromatic rings. The minimum atomic E-state index is -0.506. The van der Waals surface area contributed by atoms with E-state index in [1.54, 1.807) is 85.7 Å². The Hall–Kier alpha value is -5.59. The number of para-hydroxylation sites is 3. The lowest BCUT2D eigenvalue weighted by Crippen LogP contribution is -2.49. The van der Waals surface area contributed by atoms with Crippen molar-refractivity contribution < 1.29 is 29.0 Å². The van der Waals surface area contributed by atoms with E-state index >= 15 is 0 Å². The van der Waals surface area contributed by atoms with Crippen molar-refractivity contribution in [1.29, 1.82) is 0 Å².